The molecule has 1 fully saturated rings. The zero-order valence-corrected chi connectivity index (χ0v) is 13.9. The molecule has 5 heteroatoms. The zero-order chi connectivity index (χ0) is 16.6. The largest absolute Gasteiger partial charge is 0.486 e. The predicted molar refractivity (Wildman–Crippen MR) is 92.1 cm³/mol. The highest BCUT2D eigenvalue weighted by Gasteiger charge is 2.44. The molecular weight excluding hydrogens is 326 g/mol. The van der Waals surface area contributed by atoms with Gasteiger partial charge in [-0.2, -0.15) is 0 Å². The lowest BCUT2D eigenvalue weighted by Gasteiger charge is -2.21. The van der Waals surface area contributed by atoms with Crippen LogP contribution in [0.3, 0.4) is 0 Å². The topological polar surface area (TPSA) is 47.6 Å². The van der Waals surface area contributed by atoms with Crippen molar-refractivity contribution in [3.8, 4) is 11.5 Å². The number of halogens is 1. The van der Waals surface area contributed by atoms with Gasteiger partial charge in [-0.25, -0.2) is 0 Å². The van der Waals surface area contributed by atoms with Crippen LogP contribution in [0, 0.1) is 0 Å². The summed E-state index contributed by atoms with van der Waals surface area (Å²) >= 11 is 5.96. The van der Waals surface area contributed by atoms with E-state index < -0.39 is 0 Å². The summed E-state index contributed by atoms with van der Waals surface area (Å²) in [6.07, 6.45) is 2.14. The van der Waals surface area contributed by atoms with E-state index in [0.29, 0.717) is 36.8 Å². The fourth-order valence-corrected chi connectivity index (χ4v) is 3.25. The van der Waals surface area contributed by atoms with Gasteiger partial charge in [-0.05, 0) is 42.7 Å². The number of para-hydroxylation sites is 1. The number of benzene rings is 2. The van der Waals surface area contributed by atoms with Gasteiger partial charge in [0.1, 0.15) is 13.2 Å². The van der Waals surface area contributed by atoms with Crippen LogP contribution in [0.2, 0.25) is 5.02 Å². The normalized spacial score (nSPS) is 17.2. The van der Waals surface area contributed by atoms with Gasteiger partial charge >= 0.3 is 0 Å². The van der Waals surface area contributed by atoms with Gasteiger partial charge in [0.05, 0.1) is 5.56 Å². The number of hydrogen-bond donors (Lipinski definition) is 1. The van der Waals surface area contributed by atoms with Gasteiger partial charge in [-0.15, -0.1) is 0 Å². The van der Waals surface area contributed by atoms with Crippen molar-refractivity contribution in [3.05, 3.63) is 58.6 Å². The first kappa shape index (κ1) is 15.3. The van der Waals surface area contributed by atoms with Crippen LogP contribution in [0.25, 0.3) is 0 Å². The molecule has 2 aromatic carbocycles. The maximum absolute atomic E-state index is 12.6. The van der Waals surface area contributed by atoms with E-state index in [-0.39, 0.29) is 11.3 Å². The Hall–Kier alpha value is -2.20. The molecule has 4 rings (SSSR count). The lowest BCUT2D eigenvalue weighted by atomic mass is 9.96. The summed E-state index contributed by atoms with van der Waals surface area (Å²) in [6.45, 7) is 1.59. The highest BCUT2D eigenvalue weighted by molar-refractivity contribution is 6.30. The number of nitrogens with one attached hydrogen (secondary N) is 1. The molecule has 0 radical (unpaired) electrons. The van der Waals surface area contributed by atoms with Gasteiger partial charge in [-0.1, -0.05) is 29.8 Å². The maximum Gasteiger partial charge on any atom is 0.255 e. The van der Waals surface area contributed by atoms with E-state index in [1.54, 1.807) is 6.07 Å². The molecule has 1 amide bonds. The molecule has 0 atom stereocenters. The van der Waals surface area contributed by atoms with Gasteiger partial charge in [0, 0.05) is 17.0 Å². The molecule has 24 heavy (non-hydrogen) atoms. The summed E-state index contributed by atoms with van der Waals surface area (Å²) in [6, 6.07) is 13.3. The highest BCUT2D eigenvalue weighted by Crippen LogP contribution is 2.48. The van der Waals surface area contributed by atoms with Crippen LogP contribution >= 0.6 is 11.6 Å². The Morgan fingerprint density at radius 2 is 1.83 bits per heavy atom. The molecule has 0 unspecified atom stereocenters. The number of amides is 1. The third-order valence-electron chi connectivity index (χ3n) is 4.71. The monoisotopic (exact) mass is 343 g/mol. The molecule has 4 nitrogen and oxygen atoms in total. The number of hydrogen-bond acceptors (Lipinski definition) is 3. The quantitative estimate of drug-likeness (QED) is 0.923. The van der Waals surface area contributed by atoms with E-state index in [2.05, 4.69) is 5.32 Å². The Morgan fingerprint density at radius 1 is 1.08 bits per heavy atom. The van der Waals surface area contributed by atoms with Gasteiger partial charge in [-0.3, -0.25) is 4.79 Å². The second-order valence-corrected chi connectivity index (χ2v) is 6.74. The van der Waals surface area contributed by atoms with Crippen LogP contribution in [-0.4, -0.2) is 25.7 Å². The van der Waals surface area contributed by atoms with E-state index in [1.807, 2.05) is 36.4 Å². The molecule has 1 N–H and O–H groups in total. The lowest BCUT2D eigenvalue weighted by Crippen LogP contribution is -2.33. The van der Waals surface area contributed by atoms with Crippen LogP contribution < -0.4 is 14.8 Å². The summed E-state index contributed by atoms with van der Waals surface area (Å²) in [4.78, 5) is 12.6. The van der Waals surface area contributed by atoms with Gasteiger partial charge in [0.25, 0.3) is 5.91 Å². The SMILES string of the molecule is O=C(NCC1(c2ccc(Cl)cc2)CC1)c1cccc2c1OCCO2. The fraction of sp³-hybridized carbons (Fsp3) is 0.316. The van der Waals surface area contributed by atoms with Crippen molar-refractivity contribution in [2.75, 3.05) is 19.8 Å². The van der Waals surface area contributed by atoms with Crippen molar-refractivity contribution < 1.29 is 14.3 Å². The molecule has 1 saturated carbocycles. The molecule has 0 spiro atoms. The van der Waals surface area contributed by atoms with Crippen LogP contribution in [0.15, 0.2) is 42.5 Å². The van der Waals surface area contributed by atoms with Crippen LogP contribution in [-0.2, 0) is 5.41 Å². The maximum atomic E-state index is 12.6. The van der Waals surface area contributed by atoms with E-state index in [1.165, 1.54) is 5.56 Å². The van der Waals surface area contributed by atoms with Crippen LogP contribution in [0.5, 0.6) is 11.5 Å². The van der Waals surface area contributed by atoms with Crippen molar-refractivity contribution >= 4 is 17.5 Å². The van der Waals surface area contributed by atoms with Crippen LogP contribution in [0.4, 0.5) is 0 Å². The van der Waals surface area contributed by atoms with E-state index in [0.717, 1.165) is 17.9 Å². The summed E-state index contributed by atoms with van der Waals surface area (Å²) < 4.78 is 11.2. The first-order valence-corrected chi connectivity index (χ1v) is 8.49. The van der Waals surface area contributed by atoms with Gasteiger partial charge in [0.2, 0.25) is 0 Å². The third-order valence-corrected chi connectivity index (χ3v) is 4.96. The summed E-state index contributed by atoms with van der Waals surface area (Å²) in [5, 5.41) is 3.79. The van der Waals surface area contributed by atoms with Gasteiger partial charge < -0.3 is 14.8 Å². The standard InChI is InChI=1S/C19H18ClNO3/c20-14-6-4-13(5-7-14)19(8-9-19)12-21-18(22)15-2-1-3-16-17(15)24-11-10-23-16/h1-7H,8-12H2,(H,21,22). The minimum absolute atomic E-state index is 0.0342. The van der Waals surface area contributed by atoms with Crippen molar-refractivity contribution in [2.45, 2.75) is 18.3 Å². The number of rotatable bonds is 4. The number of carbonyl (C=O) groups excluding carboxylic acids is 1. The summed E-state index contributed by atoms with van der Waals surface area (Å²) in [7, 11) is 0. The molecule has 0 bridgehead atoms. The van der Waals surface area contributed by atoms with Crippen molar-refractivity contribution in [1.82, 2.24) is 5.32 Å². The molecule has 1 aliphatic carbocycles. The lowest BCUT2D eigenvalue weighted by molar-refractivity contribution is 0.0938. The molecule has 0 aromatic heterocycles. The zero-order valence-electron chi connectivity index (χ0n) is 13.2. The minimum Gasteiger partial charge on any atom is -0.486 e. The van der Waals surface area contributed by atoms with Gasteiger partial charge in [0.15, 0.2) is 11.5 Å². The predicted octanol–water partition coefficient (Wildman–Crippen LogP) is 3.57. The van der Waals surface area contributed by atoms with E-state index in [4.69, 9.17) is 21.1 Å². The summed E-state index contributed by atoms with van der Waals surface area (Å²) in [5.41, 5.74) is 1.79. The average Bonchev–Trinajstić information content (AvgIpc) is 3.41. The smallest absolute Gasteiger partial charge is 0.255 e. The summed E-state index contributed by atoms with van der Waals surface area (Å²) in [5.74, 6) is 1.04. The molecular formula is C19H18ClNO3. The molecule has 1 aliphatic heterocycles. The molecule has 0 saturated heterocycles. The second kappa shape index (κ2) is 6.02. The molecule has 1 heterocycles. The fourth-order valence-electron chi connectivity index (χ4n) is 3.12. The Balaban J connectivity index is 1.48. The average molecular weight is 344 g/mol. The number of ether oxygens (including phenoxy) is 2. The van der Waals surface area contributed by atoms with Crippen molar-refractivity contribution in [2.24, 2.45) is 0 Å². The molecule has 2 aromatic rings. The molecule has 124 valence electrons. The number of carbonyl (C=O) groups is 1. The highest BCUT2D eigenvalue weighted by atomic mass is 35.5. The van der Waals surface area contributed by atoms with Crippen molar-refractivity contribution in [3.63, 3.8) is 0 Å². The Kier molecular flexibility index (Phi) is 3.85. The van der Waals surface area contributed by atoms with Crippen molar-refractivity contribution in [1.29, 1.82) is 0 Å². The number of fused-ring (bicyclic) bond motifs is 1. The van der Waals surface area contributed by atoms with E-state index in [9.17, 15) is 4.79 Å². The Morgan fingerprint density at radius 3 is 2.58 bits per heavy atom. The van der Waals surface area contributed by atoms with E-state index >= 15 is 0 Å². The first-order valence-electron chi connectivity index (χ1n) is 8.11. The third kappa shape index (κ3) is 2.82. The Bertz CT molecular complexity index is 769. The second-order valence-electron chi connectivity index (χ2n) is 6.30. The first-order chi connectivity index (χ1) is 11.7. The minimum atomic E-state index is -0.127. The Labute approximate surface area is 145 Å². The molecule has 2 aliphatic rings. The van der Waals surface area contributed by atoms with Crippen LogP contribution in [0.1, 0.15) is 28.8 Å².